The van der Waals surface area contributed by atoms with Crippen molar-refractivity contribution in [2.75, 3.05) is 18.1 Å². The van der Waals surface area contributed by atoms with Crippen LogP contribution in [0.3, 0.4) is 0 Å². The van der Waals surface area contributed by atoms with Crippen LogP contribution in [0.1, 0.15) is 24.3 Å². The third kappa shape index (κ3) is 2.51. The second kappa shape index (κ2) is 5.55. The fraction of sp³-hybridized carbons (Fsp3) is 0.467. The van der Waals surface area contributed by atoms with Crippen molar-refractivity contribution in [2.45, 2.75) is 18.8 Å². The molecule has 1 aliphatic rings. The molecule has 0 radical (unpaired) electrons. The topological polar surface area (TPSA) is 41.8 Å². The molecule has 3 N–H and O–H groups in total. The molecule has 2 nitrogen and oxygen atoms in total. The van der Waals surface area contributed by atoms with Crippen molar-refractivity contribution in [1.29, 1.82) is 0 Å². The Kier molecular flexibility index (Phi) is 3.80. The van der Waals surface area contributed by atoms with Gasteiger partial charge in [-0.3, -0.25) is 0 Å². The molecule has 0 amide bonds. The lowest BCUT2D eigenvalue weighted by Gasteiger charge is -2.29. The fourth-order valence-electron chi connectivity index (χ4n) is 3.11. The van der Waals surface area contributed by atoms with Gasteiger partial charge in [0.15, 0.2) is 0 Å². The summed E-state index contributed by atoms with van der Waals surface area (Å²) in [6, 6.07) is 4.93. The molecule has 1 atom stereocenters. The number of aromatic amines is 1. The summed E-state index contributed by atoms with van der Waals surface area (Å²) in [4.78, 5) is 3.24. The van der Waals surface area contributed by atoms with E-state index < -0.39 is 0 Å². The number of thioether (sulfide) groups is 1. The van der Waals surface area contributed by atoms with Crippen LogP contribution in [0.15, 0.2) is 24.4 Å². The van der Waals surface area contributed by atoms with Gasteiger partial charge in [0, 0.05) is 23.0 Å². The fourth-order valence-corrected chi connectivity index (χ4v) is 4.26. The molecule has 0 aliphatic carbocycles. The minimum atomic E-state index is -0.177. The Hall–Kier alpha value is -1.00. The van der Waals surface area contributed by atoms with Gasteiger partial charge in [-0.1, -0.05) is 0 Å². The van der Waals surface area contributed by atoms with Gasteiger partial charge < -0.3 is 10.7 Å². The van der Waals surface area contributed by atoms with E-state index in [2.05, 4.69) is 4.98 Å². The van der Waals surface area contributed by atoms with Crippen molar-refractivity contribution < 1.29 is 4.39 Å². The zero-order valence-corrected chi connectivity index (χ0v) is 11.7. The SMILES string of the molecule is NCC(c1c[nH]c2ccc(F)cc12)C1CCSCC1. The molecule has 1 aliphatic heterocycles. The van der Waals surface area contributed by atoms with Gasteiger partial charge in [0.25, 0.3) is 0 Å². The minimum absolute atomic E-state index is 0.177. The van der Waals surface area contributed by atoms with E-state index in [0.717, 1.165) is 10.9 Å². The maximum absolute atomic E-state index is 13.5. The van der Waals surface area contributed by atoms with Gasteiger partial charge in [-0.15, -0.1) is 0 Å². The van der Waals surface area contributed by atoms with Gasteiger partial charge in [0.1, 0.15) is 5.82 Å². The Labute approximate surface area is 116 Å². The summed E-state index contributed by atoms with van der Waals surface area (Å²) >= 11 is 2.02. The summed E-state index contributed by atoms with van der Waals surface area (Å²) in [7, 11) is 0. The van der Waals surface area contributed by atoms with E-state index in [0.29, 0.717) is 18.4 Å². The first kappa shape index (κ1) is 13.0. The van der Waals surface area contributed by atoms with Crippen LogP contribution in [0, 0.1) is 11.7 Å². The van der Waals surface area contributed by atoms with Crippen molar-refractivity contribution in [3.8, 4) is 0 Å². The summed E-state index contributed by atoms with van der Waals surface area (Å²) < 4.78 is 13.5. The van der Waals surface area contributed by atoms with E-state index in [4.69, 9.17) is 5.73 Å². The van der Waals surface area contributed by atoms with Gasteiger partial charge in [0.05, 0.1) is 0 Å². The van der Waals surface area contributed by atoms with Gasteiger partial charge in [0.2, 0.25) is 0 Å². The van der Waals surface area contributed by atoms with Crippen molar-refractivity contribution in [2.24, 2.45) is 11.7 Å². The first-order valence-corrected chi connectivity index (χ1v) is 7.99. The van der Waals surface area contributed by atoms with E-state index in [-0.39, 0.29) is 5.82 Å². The number of benzene rings is 1. The van der Waals surface area contributed by atoms with E-state index >= 15 is 0 Å². The van der Waals surface area contributed by atoms with Crippen LogP contribution in [-0.2, 0) is 0 Å². The average molecular weight is 278 g/mol. The van der Waals surface area contributed by atoms with Gasteiger partial charge >= 0.3 is 0 Å². The van der Waals surface area contributed by atoms with E-state index in [1.54, 1.807) is 12.1 Å². The third-order valence-corrected chi connectivity index (χ3v) is 5.21. The van der Waals surface area contributed by atoms with Crippen LogP contribution in [0.25, 0.3) is 10.9 Å². The number of nitrogens with one attached hydrogen (secondary N) is 1. The zero-order valence-electron chi connectivity index (χ0n) is 10.9. The standard InChI is InChI=1S/C15H19FN2S/c16-11-1-2-15-12(7-11)14(9-18-15)13(8-17)10-3-5-19-6-4-10/h1-2,7,9-10,13,18H,3-6,8,17H2. The number of fused-ring (bicyclic) bond motifs is 1. The molecule has 1 saturated heterocycles. The highest BCUT2D eigenvalue weighted by Gasteiger charge is 2.26. The predicted molar refractivity (Wildman–Crippen MR) is 80.1 cm³/mol. The van der Waals surface area contributed by atoms with Crippen molar-refractivity contribution in [1.82, 2.24) is 4.98 Å². The molecule has 19 heavy (non-hydrogen) atoms. The molecule has 1 aromatic heterocycles. The Morgan fingerprint density at radius 1 is 1.37 bits per heavy atom. The maximum atomic E-state index is 13.5. The number of hydrogen-bond donors (Lipinski definition) is 2. The quantitative estimate of drug-likeness (QED) is 0.902. The molecule has 4 heteroatoms. The lowest BCUT2D eigenvalue weighted by Crippen LogP contribution is -2.24. The zero-order chi connectivity index (χ0) is 13.2. The number of halogens is 1. The maximum Gasteiger partial charge on any atom is 0.123 e. The molecular weight excluding hydrogens is 259 g/mol. The van der Waals surface area contributed by atoms with Crippen molar-refractivity contribution in [3.05, 3.63) is 35.8 Å². The summed E-state index contributed by atoms with van der Waals surface area (Å²) in [6.45, 7) is 0.638. The number of rotatable bonds is 3. The highest BCUT2D eigenvalue weighted by molar-refractivity contribution is 7.99. The summed E-state index contributed by atoms with van der Waals surface area (Å²) in [5, 5.41) is 0.994. The molecule has 0 bridgehead atoms. The lowest BCUT2D eigenvalue weighted by molar-refractivity contribution is 0.402. The third-order valence-electron chi connectivity index (χ3n) is 4.16. The smallest absolute Gasteiger partial charge is 0.123 e. The number of hydrogen-bond acceptors (Lipinski definition) is 2. The van der Waals surface area contributed by atoms with Crippen LogP contribution in [-0.4, -0.2) is 23.0 Å². The molecule has 1 aromatic carbocycles. The Balaban J connectivity index is 1.98. The molecule has 2 aromatic rings. The molecule has 3 rings (SSSR count). The number of H-pyrrole nitrogens is 1. The summed E-state index contributed by atoms with van der Waals surface area (Å²) in [5.41, 5.74) is 8.20. The first-order chi connectivity index (χ1) is 9.29. The second-order valence-electron chi connectivity index (χ2n) is 5.23. The van der Waals surface area contributed by atoms with Crippen molar-refractivity contribution in [3.63, 3.8) is 0 Å². The van der Waals surface area contributed by atoms with Crippen LogP contribution in [0.4, 0.5) is 4.39 Å². The predicted octanol–water partition coefficient (Wildman–Crippen LogP) is 3.49. The minimum Gasteiger partial charge on any atom is -0.361 e. The van der Waals surface area contributed by atoms with Crippen LogP contribution in [0.5, 0.6) is 0 Å². The molecule has 1 fully saturated rings. The highest BCUT2D eigenvalue weighted by atomic mass is 32.2. The number of aromatic nitrogens is 1. The van der Waals surface area contributed by atoms with Crippen molar-refractivity contribution >= 4 is 22.7 Å². The molecule has 0 saturated carbocycles. The first-order valence-electron chi connectivity index (χ1n) is 6.84. The van der Waals surface area contributed by atoms with Gasteiger partial charge in [-0.05, 0) is 60.6 Å². The molecule has 2 heterocycles. The Morgan fingerprint density at radius 2 is 2.16 bits per heavy atom. The monoisotopic (exact) mass is 278 g/mol. The molecule has 1 unspecified atom stereocenters. The number of nitrogens with two attached hydrogens (primary N) is 1. The molecule has 0 spiro atoms. The van der Waals surface area contributed by atoms with Gasteiger partial charge in [-0.25, -0.2) is 4.39 Å². The van der Waals surface area contributed by atoms with E-state index in [1.807, 2.05) is 18.0 Å². The summed E-state index contributed by atoms with van der Waals surface area (Å²) in [5.74, 6) is 3.24. The van der Waals surface area contributed by atoms with Gasteiger partial charge in [-0.2, -0.15) is 11.8 Å². The highest BCUT2D eigenvalue weighted by Crippen LogP contribution is 2.37. The van der Waals surface area contributed by atoms with E-state index in [9.17, 15) is 4.39 Å². The lowest BCUT2D eigenvalue weighted by atomic mass is 9.82. The van der Waals surface area contributed by atoms with Crippen LogP contribution in [0.2, 0.25) is 0 Å². The second-order valence-corrected chi connectivity index (χ2v) is 6.45. The van der Waals surface area contributed by atoms with Crippen LogP contribution < -0.4 is 5.73 Å². The Morgan fingerprint density at radius 3 is 2.89 bits per heavy atom. The molecular formula is C15H19FN2S. The van der Waals surface area contributed by atoms with Crippen LogP contribution >= 0.6 is 11.8 Å². The largest absolute Gasteiger partial charge is 0.361 e. The molecule has 102 valence electrons. The van der Waals surface area contributed by atoms with E-state index in [1.165, 1.54) is 36.0 Å². The summed E-state index contributed by atoms with van der Waals surface area (Å²) in [6.07, 6.45) is 4.45. The Bertz CT molecular complexity index is 560. The average Bonchev–Trinajstić information content (AvgIpc) is 2.84. The normalized spacial score (nSPS) is 18.8.